The van der Waals surface area contributed by atoms with E-state index < -0.39 is 0 Å². The van der Waals surface area contributed by atoms with Gasteiger partial charge in [0.1, 0.15) is 0 Å². The lowest BCUT2D eigenvalue weighted by molar-refractivity contribution is 0.146. The predicted octanol–water partition coefficient (Wildman–Crippen LogP) is 1.57. The summed E-state index contributed by atoms with van der Waals surface area (Å²) in [6.07, 6.45) is 5.86. The predicted molar refractivity (Wildman–Crippen MR) is 60.4 cm³/mol. The van der Waals surface area contributed by atoms with E-state index in [2.05, 4.69) is 24.3 Å². The van der Waals surface area contributed by atoms with E-state index >= 15 is 0 Å². The van der Waals surface area contributed by atoms with Crippen molar-refractivity contribution in [3.05, 3.63) is 0 Å². The van der Waals surface area contributed by atoms with Crippen LogP contribution in [0.25, 0.3) is 0 Å². The van der Waals surface area contributed by atoms with Gasteiger partial charge >= 0.3 is 0 Å². The van der Waals surface area contributed by atoms with Crippen LogP contribution in [0.2, 0.25) is 0 Å². The number of piperidine rings is 1. The third kappa shape index (κ3) is 2.48. The number of likely N-dealkylation sites (tertiary alicyclic amines) is 1. The Kier molecular flexibility index (Phi) is 3.45. The zero-order valence-corrected chi connectivity index (χ0v) is 9.63. The normalized spacial score (nSPS) is 31.7. The second kappa shape index (κ2) is 4.63. The Morgan fingerprint density at radius 1 is 1.29 bits per heavy atom. The number of rotatable bonds is 4. The Hall–Kier alpha value is -0.0800. The lowest BCUT2D eigenvalue weighted by Gasteiger charge is -2.35. The first-order chi connectivity index (χ1) is 6.81. The summed E-state index contributed by atoms with van der Waals surface area (Å²) in [5, 5.41) is 3.38. The van der Waals surface area contributed by atoms with Gasteiger partial charge in [0.25, 0.3) is 0 Å². The Morgan fingerprint density at radius 3 is 2.64 bits per heavy atom. The van der Waals surface area contributed by atoms with Crippen LogP contribution in [0.3, 0.4) is 0 Å². The van der Waals surface area contributed by atoms with Gasteiger partial charge in [0.15, 0.2) is 0 Å². The summed E-state index contributed by atoms with van der Waals surface area (Å²) in [5.74, 6) is 2.98. The number of hydrogen-bond donors (Lipinski definition) is 1. The van der Waals surface area contributed by atoms with E-state index in [1.54, 1.807) is 0 Å². The topological polar surface area (TPSA) is 15.3 Å². The summed E-state index contributed by atoms with van der Waals surface area (Å²) >= 11 is 0. The summed E-state index contributed by atoms with van der Waals surface area (Å²) in [4.78, 5) is 2.51. The monoisotopic (exact) mass is 196 g/mol. The molecular weight excluding hydrogens is 172 g/mol. The summed E-state index contributed by atoms with van der Waals surface area (Å²) < 4.78 is 0. The van der Waals surface area contributed by atoms with Gasteiger partial charge in [-0.3, -0.25) is 0 Å². The minimum absolute atomic E-state index is 0.961. The lowest BCUT2D eigenvalue weighted by atomic mass is 9.82. The van der Waals surface area contributed by atoms with Gasteiger partial charge in [0, 0.05) is 6.54 Å². The molecular formula is C12H24N2. The Morgan fingerprint density at radius 2 is 2.07 bits per heavy atom. The van der Waals surface area contributed by atoms with Crippen LogP contribution in [-0.2, 0) is 0 Å². The van der Waals surface area contributed by atoms with Gasteiger partial charge in [-0.15, -0.1) is 0 Å². The van der Waals surface area contributed by atoms with E-state index in [1.165, 1.54) is 45.3 Å². The second-order valence-corrected chi connectivity index (χ2v) is 5.22. The molecule has 0 aromatic carbocycles. The Balaban J connectivity index is 1.88. The third-order valence-corrected chi connectivity index (χ3v) is 3.93. The minimum atomic E-state index is 0.961. The molecule has 1 heterocycles. The molecule has 14 heavy (non-hydrogen) atoms. The van der Waals surface area contributed by atoms with Crippen molar-refractivity contribution in [3.8, 4) is 0 Å². The van der Waals surface area contributed by atoms with Crippen LogP contribution in [0.5, 0.6) is 0 Å². The molecule has 2 heteroatoms. The van der Waals surface area contributed by atoms with Gasteiger partial charge in [-0.05, 0) is 70.6 Å². The maximum Gasteiger partial charge on any atom is 0.000984 e. The molecule has 1 saturated heterocycles. The molecule has 1 aliphatic heterocycles. The van der Waals surface area contributed by atoms with Crippen molar-refractivity contribution in [2.24, 2.45) is 17.8 Å². The first-order valence-electron chi connectivity index (χ1n) is 6.14. The summed E-state index contributed by atoms with van der Waals surface area (Å²) in [5.41, 5.74) is 0. The van der Waals surface area contributed by atoms with Crippen LogP contribution in [-0.4, -0.2) is 38.6 Å². The fourth-order valence-electron chi connectivity index (χ4n) is 3.03. The van der Waals surface area contributed by atoms with Crippen LogP contribution in [0.4, 0.5) is 0 Å². The van der Waals surface area contributed by atoms with Crippen molar-refractivity contribution >= 4 is 0 Å². The van der Waals surface area contributed by atoms with Crippen LogP contribution in [0.1, 0.15) is 25.7 Å². The van der Waals surface area contributed by atoms with Crippen molar-refractivity contribution in [2.45, 2.75) is 25.7 Å². The van der Waals surface area contributed by atoms with E-state index in [1.807, 2.05) is 0 Å². The molecule has 1 N–H and O–H groups in total. The van der Waals surface area contributed by atoms with E-state index in [-0.39, 0.29) is 0 Å². The number of hydrogen-bond acceptors (Lipinski definition) is 2. The van der Waals surface area contributed by atoms with E-state index in [4.69, 9.17) is 0 Å². The molecule has 0 amide bonds. The molecule has 2 fully saturated rings. The average molecular weight is 196 g/mol. The first-order valence-corrected chi connectivity index (χ1v) is 6.14. The molecule has 1 saturated carbocycles. The summed E-state index contributed by atoms with van der Waals surface area (Å²) in [6, 6.07) is 0. The van der Waals surface area contributed by atoms with Gasteiger partial charge in [-0.2, -0.15) is 0 Å². The van der Waals surface area contributed by atoms with E-state index in [0.29, 0.717) is 0 Å². The molecule has 0 radical (unpaired) electrons. The van der Waals surface area contributed by atoms with Gasteiger partial charge < -0.3 is 10.2 Å². The molecule has 82 valence electrons. The number of nitrogens with one attached hydrogen (secondary N) is 1. The zero-order valence-electron chi connectivity index (χ0n) is 9.63. The van der Waals surface area contributed by atoms with Crippen LogP contribution in [0, 0.1) is 17.8 Å². The average Bonchev–Trinajstić information content (AvgIpc) is 2.97. The molecule has 0 bridgehead atoms. The van der Waals surface area contributed by atoms with Gasteiger partial charge in [0.05, 0.1) is 0 Å². The molecule has 0 aromatic heterocycles. The maximum absolute atomic E-state index is 3.38. The quantitative estimate of drug-likeness (QED) is 0.734. The van der Waals surface area contributed by atoms with Crippen molar-refractivity contribution in [3.63, 3.8) is 0 Å². The summed E-state index contributed by atoms with van der Waals surface area (Å²) in [7, 11) is 4.37. The van der Waals surface area contributed by atoms with Crippen molar-refractivity contribution < 1.29 is 0 Å². The van der Waals surface area contributed by atoms with Crippen molar-refractivity contribution in [1.82, 2.24) is 10.2 Å². The largest absolute Gasteiger partial charge is 0.319 e. The van der Waals surface area contributed by atoms with E-state index in [9.17, 15) is 0 Å². The Labute approximate surface area is 88.1 Å². The standard InChI is InChI=1S/C12H24N2/c1-13-8-12(10-5-6-10)11-4-3-7-14(2)9-11/h10-13H,3-9H2,1-2H3. The molecule has 0 spiro atoms. The fraction of sp³-hybridized carbons (Fsp3) is 1.00. The van der Waals surface area contributed by atoms with Crippen molar-refractivity contribution in [2.75, 3.05) is 33.7 Å². The van der Waals surface area contributed by atoms with Crippen LogP contribution < -0.4 is 5.32 Å². The van der Waals surface area contributed by atoms with Crippen LogP contribution in [0.15, 0.2) is 0 Å². The highest BCUT2D eigenvalue weighted by Gasteiger charge is 2.36. The highest BCUT2D eigenvalue weighted by molar-refractivity contribution is 4.89. The second-order valence-electron chi connectivity index (χ2n) is 5.22. The zero-order chi connectivity index (χ0) is 9.97. The molecule has 2 nitrogen and oxygen atoms in total. The molecule has 1 aliphatic carbocycles. The lowest BCUT2D eigenvalue weighted by Crippen LogP contribution is -2.39. The van der Waals surface area contributed by atoms with Gasteiger partial charge in [-0.1, -0.05) is 0 Å². The molecule has 2 rings (SSSR count). The highest BCUT2D eigenvalue weighted by Crippen LogP contribution is 2.42. The SMILES string of the molecule is CNCC(C1CC1)C1CCCN(C)C1. The highest BCUT2D eigenvalue weighted by atomic mass is 15.1. The molecule has 2 aliphatic rings. The van der Waals surface area contributed by atoms with Gasteiger partial charge in [-0.25, -0.2) is 0 Å². The fourth-order valence-corrected chi connectivity index (χ4v) is 3.03. The van der Waals surface area contributed by atoms with Crippen LogP contribution >= 0.6 is 0 Å². The summed E-state index contributed by atoms with van der Waals surface area (Å²) in [6.45, 7) is 3.89. The first kappa shape index (κ1) is 10.4. The third-order valence-electron chi connectivity index (χ3n) is 3.93. The van der Waals surface area contributed by atoms with E-state index in [0.717, 1.165) is 17.8 Å². The maximum atomic E-state index is 3.38. The minimum Gasteiger partial charge on any atom is -0.319 e. The molecule has 2 atom stereocenters. The van der Waals surface area contributed by atoms with Crippen molar-refractivity contribution in [1.29, 1.82) is 0 Å². The smallest absolute Gasteiger partial charge is 0.000984 e. The molecule has 2 unspecified atom stereocenters. The Bertz CT molecular complexity index is 177. The van der Waals surface area contributed by atoms with Gasteiger partial charge in [0.2, 0.25) is 0 Å². The number of nitrogens with zero attached hydrogens (tertiary/aromatic N) is 1. The molecule has 0 aromatic rings.